The highest BCUT2D eigenvalue weighted by atomic mass is 35.5. The topological polar surface area (TPSA) is 38.3 Å². The second-order valence-electron chi connectivity index (χ2n) is 5.62. The van der Waals surface area contributed by atoms with Crippen molar-refractivity contribution in [2.24, 2.45) is 5.92 Å². The van der Waals surface area contributed by atoms with Crippen molar-refractivity contribution in [1.82, 2.24) is 5.32 Å². The van der Waals surface area contributed by atoms with Crippen LogP contribution in [0.1, 0.15) is 38.7 Å². The predicted octanol–water partition coefficient (Wildman–Crippen LogP) is 3.84. The maximum atomic E-state index is 11.6. The van der Waals surface area contributed by atoms with Gasteiger partial charge in [-0.3, -0.25) is 4.79 Å². The summed E-state index contributed by atoms with van der Waals surface area (Å²) in [5.41, 5.74) is 1.21. The van der Waals surface area contributed by atoms with Crippen molar-refractivity contribution < 1.29 is 9.53 Å². The first-order chi connectivity index (χ1) is 10.1. The molecule has 0 fully saturated rings. The molecule has 0 aliphatic heterocycles. The van der Waals surface area contributed by atoms with Crippen LogP contribution in [-0.2, 0) is 16.0 Å². The second kappa shape index (κ2) is 10.6. The lowest BCUT2D eigenvalue weighted by Gasteiger charge is -2.08. The minimum Gasteiger partial charge on any atom is -0.380 e. The molecule has 1 aromatic rings. The number of aryl methyl sites for hydroxylation is 1. The third kappa shape index (κ3) is 9.48. The first-order valence-electron chi connectivity index (χ1n) is 7.67. The third-order valence-corrected chi connectivity index (χ3v) is 3.44. The largest absolute Gasteiger partial charge is 0.380 e. The van der Waals surface area contributed by atoms with Gasteiger partial charge in [-0.2, -0.15) is 0 Å². The Labute approximate surface area is 133 Å². The molecule has 3 nitrogen and oxygen atoms in total. The summed E-state index contributed by atoms with van der Waals surface area (Å²) in [4.78, 5) is 11.6. The highest BCUT2D eigenvalue weighted by molar-refractivity contribution is 6.30. The molecule has 1 N–H and O–H groups in total. The average molecular weight is 312 g/mol. The van der Waals surface area contributed by atoms with Gasteiger partial charge in [0.25, 0.3) is 0 Å². The summed E-state index contributed by atoms with van der Waals surface area (Å²) in [7, 11) is 0. The van der Waals surface area contributed by atoms with E-state index < -0.39 is 0 Å². The van der Waals surface area contributed by atoms with E-state index in [1.54, 1.807) is 0 Å². The van der Waals surface area contributed by atoms with Crippen molar-refractivity contribution in [3.8, 4) is 0 Å². The summed E-state index contributed by atoms with van der Waals surface area (Å²) in [6.07, 6.45) is 3.36. The first-order valence-corrected chi connectivity index (χ1v) is 8.04. The van der Waals surface area contributed by atoms with Gasteiger partial charge in [0.2, 0.25) is 5.91 Å². The Balaban J connectivity index is 2.00. The molecule has 0 aliphatic carbocycles. The molecule has 21 heavy (non-hydrogen) atoms. The van der Waals surface area contributed by atoms with Gasteiger partial charge in [-0.15, -0.1) is 0 Å². The number of hydrogen-bond acceptors (Lipinski definition) is 2. The van der Waals surface area contributed by atoms with E-state index >= 15 is 0 Å². The number of carbonyl (C=O) groups excluding carboxylic acids is 1. The second-order valence-corrected chi connectivity index (χ2v) is 6.06. The Morgan fingerprint density at radius 1 is 1.24 bits per heavy atom. The van der Waals surface area contributed by atoms with Gasteiger partial charge in [0.15, 0.2) is 0 Å². The predicted molar refractivity (Wildman–Crippen MR) is 87.7 cm³/mol. The molecule has 0 saturated heterocycles. The number of rotatable bonds is 10. The van der Waals surface area contributed by atoms with E-state index in [0.29, 0.717) is 25.5 Å². The van der Waals surface area contributed by atoms with Crippen LogP contribution in [0.5, 0.6) is 0 Å². The minimum atomic E-state index is 0.0939. The molecular formula is C17H26ClNO2. The quantitative estimate of drug-likeness (QED) is 0.667. The molecule has 0 atom stereocenters. The van der Waals surface area contributed by atoms with Gasteiger partial charge >= 0.3 is 0 Å². The fourth-order valence-electron chi connectivity index (χ4n) is 1.88. The van der Waals surface area contributed by atoms with E-state index in [9.17, 15) is 4.79 Å². The number of amides is 1. The fraction of sp³-hybridized carbons (Fsp3) is 0.588. The van der Waals surface area contributed by atoms with Gasteiger partial charge in [-0.05, 0) is 42.9 Å². The highest BCUT2D eigenvalue weighted by Gasteiger charge is 2.01. The van der Waals surface area contributed by atoms with Gasteiger partial charge in [-0.25, -0.2) is 0 Å². The highest BCUT2D eigenvalue weighted by Crippen LogP contribution is 2.11. The van der Waals surface area contributed by atoms with Gasteiger partial charge in [0.1, 0.15) is 0 Å². The summed E-state index contributed by atoms with van der Waals surface area (Å²) in [5, 5.41) is 3.63. The zero-order valence-corrected chi connectivity index (χ0v) is 13.8. The molecule has 4 heteroatoms. The number of ether oxygens (including phenoxy) is 1. The molecule has 1 aromatic carbocycles. The van der Waals surface area contributed by atoms with E-state index in [-0.39, 0.29) is 5.91 Å². The van der Waals surface area contributed by atoms with Crippen molar-refractivity contribution in [2.75, 3.05) is 19.8 Å². The SMILES string of the molecule is CC(C)CCOCCNC(=O)CCCc1ccc(Cl)cc1. The standard InChI is InChI=1S/C17H26ClNO2/c1-14(2)10-12-21-13-11-19-17(20)5-3-4-15-6-8-16(18)9-7-15/h6-9,14H,3-5,10-13H2,1-2H3,(H,19,20). The Bertz CT molecular complexity index is 404. The summed E-state index contributed by atoms with van der Waals surface area (Å²) in [6.45, 7) is 6.30. The first kappa shape index (κ1) is 18.0. The van der Waals surface area contributed by atoms with Crippen molar-refractivity contribution in [2.45, 2.75) is 39.5 Å². The summed E-state index contributed by atoms with van der Waals surface area (Å²) >= 11 is 5.83. The van der Waals surface area contributed by atoms with Crippen LogP contribution in [0.4, 0.5) is 0 Å². The van der Waals surface area contributed by atoms with Gasteiger partial charge in [-0.1, -0.05) is 37.6 Å². The zero-order chi connectivity index (χ0) is 15.5. The van der Waals surface area contributed by atoms with Crippen LogP contribution >= 0.6 is 11.6 Å². The molecule has 1 amide bonds. The lowest BCUT2D eigenvalue weighted by Crippen LogP contribution is -2.27. The van der Waals surface area contributed by atoms with Crippen molar-refractivity contribution in [1.29, 1.82) is 0 Å². The molecular weight excluding hydrogens is 286 g/mol. The third-order valence-electron chi connectivity index (χ3n) is 3.19. The molecule has 0 spiro atoms. The summed E-state index contributed by atoms with van der Waals surface area (Å²) in [6, 6.07) is 7.77. The molecule has 0 saturated carbocycles. The van der Waals surface area contributed by atoms with Crippen LogP contribution in [0.15, 0.2) is 24.3 Å². The van der Waals surface area contributed by atoms with Crippen molar-refractivity contribution in [3.05, 3.63) is 34.9 Å². The van der Waals surface area contributed by atoms with Crippen LogP contribution < -0.4 is 5.32 Å². The van der Waals surface area contributed by atoms with E-state index in [0.717, 1.165) is 30.9 Å². The van der Waals surface area contributed by atoms with Crippen LogP contribution in [0.25, 0.3) is 0 Å². The van der Waals surface area contributed by atoms with Crippen molar-refractivity contribution >= 4 is 17.5 Å². The number of halogens is 1. The smallest absolute Gasteiger partial charge is 0.220 e. The lowest BCUT2D eigenvalue weighted by molar-refractivity contribution is -0.121. The number of nitrogens with one attached hydrogen (secondary N) is 1. The number of benzene rings is 1. The number of carbonyl (C=O) groups is 1. The van der Waals surface area contributed by atoms with Crippen LogP contribution in [0.3, 0.4) is 0 Å². The monoisotopic (exact) mass is 311 g/mol. The molecule has 0 bridgehead atoms. The molecule has 0 aromatic heterocycles. The molecule has 0 unspecified atom stereocenters. The Hall–Kier alpha value is -1.06. The van der Waals surface area contributed by atoms with Gasteiger partial charge < -0.3 is 10.1 Å². The minimum absolute atomic E-state index is 0.0939. The van der Waals surface area contributed by atoms with Crippen LogP contribution in [0, 0.1) is 5.92 Å². The summed E-state index contributed by atoms with van der Waals surface area (Å²) in [5.74, 6) is 0.754. The van der Waals surface area contributed by atoms with Gasteiger partial charge in [0, 0.05) is 24.6 Å². The Kier molecular flexibility index (Phi) is 9.11. The van der Waals surface area contributed by atoms with E-state index in [4.69, 9.17) is 16.3 Å². The van der Waals surface area contributed by atoms with Crippen LogP contribution in [-0.4, -0.2) is 25.7 Å². The van der Waals surface area contributed by atoms with E-state index in [1.165, 1.54) is 5.56 Å². The Morgan fingerprint density at radius 2 is 1.95 bits per heavy atom. The average Bonchev–Trinajstić information content (AvgIpc) is 2.44. The van der Waals surface area contributed by atoms with Crippen molar-refractivity contribution in [3.63, 3.8) is 0 Å². The molecule has 0 heterocycles. The van der Waals surface area contributed by atoms with E-state index in [1.807, 2.05) is 24.3 Å². The summed E-state index contributed by atoms with van der Waals surface area (Å²) < 4.78 is 5.45. The molecule has 0 aliphatic rings. The van der Waals surface area contributed by atoms with Gasteiger partial charge in [0.05, 0.1) is 6.61 Å². The molecule has 118 valence electrons. The Morgan fingerprint density at radius 3 is 2.62 bits per heavy atom. The maximum absolute atomic E-state index is 11.6. The van der Waals surface area contributed by atoms with Crippen LogP contribution in [0.2, 0.25) is 5.02 Å². The fourth-order valence-corrected chi connectivity index (χ4v) is 2.00. The van der Waals surface area contributed by atoms with E-state index in [2.05, 4.69) is 19.2 Å². The molecule has 0 radical (unpaired) electrons. The lowest BCUT2D eigenvalue weighted by atomic mass is 10.1. The maximum Gasteiger partial charge on any atom is 0.220 e. The molecule has 1 rings (SSSR count). The zero-order valence-electron chi connectivity index (χ0n) is 13.0. The number of hydrogen-bond donors (Lipinski definition) is 1. The normalized spacial score (nSPS) is 10.9.